The topological polar surface area (TPSA) is 57.6 Å². The molecule has 0 saturated carbocycles. The van der Waals surface area contributed by atoms with Crippen molar-refractivity contribution >= 4 is 17.5 Å². The first-order chi connectivity index (χ1) is 7.93. The summed E-state index contributed by atoms with van der Waals surface area (Å²) < 4.78 is 0. The second-order valence-electron chi connectivity index (χ2n) is 4.17. The van der Waals surface area contributed by atoms with E-state index in [1.807, 2.05) is 0 Å². The standard InChI is InChI=1S/C13H13NO3/c1-7-4-5-10(6-11(7)15)14-12(16)8(2)9(3)13(14)17/h4-6,15H,1-3H3. The molecule has 0 aliphatic carbocycles. The van der Waals surface area contributed by atoms with E-state index in [9.17, 15) is 14.7 Å². The number of phenolic OH excluding ortho intramolecular Hbond substituents is 1. The second-order valence-corrected chi connectivity index (χ2v) is 4.17. The maximum atomic E-state index is 11.9. The number of hydrogen-bond donors (Lipinski definition) is 1. The summed E-state index contributed by atoms with van der Waals surface area (Å²) in [4.78, 5) is 24.9. The maximum absolute atomic E-state index is 11.9. The molecule has 1 heterocycles. The molecule has 17 heavy (non-hydrogen) atoms. The van der Waals surface area contributed by atoms with Crippen molar-refractivity contribution < 1.29 is 14.7 Å². The molecule has 0 aromatic heterocycles. The van der Waals surface area contributed by atoms with Gasteiger partial charge in [0.2, 0.25) is 0 Å². The van der Waals surface area contributed by atoms with Crippen LogP contribution in [0.15, 0.2) is 29.3 Å². The van der Waals surface area contributed by atoms with Crippen LogP contribution in [0.25, 0.3) is 0 Å². The zero-order valence-electron chi connectivity index (χ0n) is 9.94. The third kappa shape index (κ3) is 1.62. The van der Waals surface area contributed by atoms with Gasteiger partial charge in [0.1, 0.15) is 5.75 Å². The average molecular weight is 231 g/mol. The number of phenols is 1. The fourth-order valence-corrected chi connectivity index (χ4v) is 1.72. The molecule has 1 aromatic carbocycles. The molecule has 88 valence electrons. The Bertz CT molecular complexity index is 534. The molecule has 4 heteroatoms. The highest BCUT2D eigenvalue weighted by Gasteiger charge is 2.34. The van der Waals surface area contributed by atoms with Crippen molar-refractivity contribution in [2.45, 2.75) is 20.8 Å². The first-order valence-corrected chi connectivity index (χ1v) is 5.29. The molecule has 0 spiro atoms. The van der Waals surface area contributed by atoms with Gasteiger partial charge in [-0.1, -0.05) is 6.07 Å². The van der Waals surface area contributed by atoms with Crippen LogP contribution in [0.1, 0.15) is 19.4 Å². The van der Waals surface area contributed by atoms with Gasteiger partial charge < -0.3 is 5.11 Å². The van der Waals surface area contributed by atoms with Crippen LogP contribution in [0.5, 0.6) is 5.75 Å². The molecule has 0 radical (unpaired) electrons. The number of hydrogen-bond acceptors (Lipinski definition) is 3. The molecule has 0 saturated heterocycles. The summed E-state index contributed by atoms with van der Waals surface area (Å²) in [5.41, 5.74) is 2.01. The molecular formula is C13H13NO3. The molecule has 1 aliphatic heterocycles. The molecule has 1 N–H and O–H groups in total. The van der Waals surface area contributed by atoms with Crippen molar-refractivity contribution in [2.75, 3.05) is 4.90 Å². The maximum Gasteiger partial charge on any atom is 0.261 e. The molecule has 4 nitrogen and oxygen atoms in total. The molecule has 2 amide bonds. The predicted octanol–water partition coefficient (Wildman–Crippen LogP) is 1.91. The third-order valence-electron chi connectivity index (χ3n) is 3.06. The van der Waals surface area contributed by atoms with Crippen LogP contribution in [0, 0.1) is 6.92 Å². The summed E-state index contributed by atoms with van der Waals surface area (Å²) in [5.74, 6) is -0.572. The van der Waals surface area contributed by atoms with Crippen molar-refractivity contribution in [2.24, 2.45) is 0 Å². The summed E-state index contributed by atoms with van der Waals surface area (Å²) >= 11 is 0. The molecule has 0 fully saturated rings. The Morgan fingerprint density at radius 1 is 1.00 bits per heavy atom. The number of aryl methyl sites for hydroxylation is 1. The van der Waals surface area contributed by atoms with E-state index < -0.39 is 0 Å². The van der Waals surface area contributed by atoms with Crippen LogP contribution < -0.4 is 4.90 Å². The van der Waals surface area contributed by atoms with Gasteiger partial charge in [0, 0.05) is 17.2 Å². The minimum absolute atomic E-state index is 0.0744. The van der Waals surface area contributed by atoms with Crippen LogP contribution in [-0.4, -0.2) is 16.9 Å². The van der Waals surface area contributed by atoms with E-state index in [0.29, 0.717) is 22.4 Å². The monoisotopic (exact) mass is 231 g/mol. The summed E-state index contributed by atoms with van der Waals surface area (Å²) in [7, 11) is 0. The number of benzene rings is 1. The molecule has 0 unspecified atom stereocenters. The Hall–Kier alpha value is -2.10. The molecule has 2 rings (SSSR count). The minimum Gasteiger partial charge on any atom is -0.508 e. The van der Waals surface area contributed by atoms with Crippen molar-refractivity contribution in [1.29, 1.82) is 0 Å². The quantitative estimate of drug-likeness (QED) is 0.751. The Balaban J connectivity index is 2.47. The van der Waals surface area contributed by atoms with E-state index in [1.165, 1.54) is 6.07 Å². The van der Waals surface area contributed by atoms with Gasteiger partial charge in [0.15, 0.2) is 0 Å². The van der Waals surface area contributed by atoms with Gasteiger partial charge in [-0.3, -0.25) is 9.59 Å². The smallest absolute Gasteiger partial charge is 0.261 e. The lowest BCUT2D eigenvalue weighted by atomic mass is 10.2. The van der Waals surface area contributed by atoms with E-state index in [4.69, 9.17) is 0 Å². The van der Waals surface area contributed by atoms with E-state index in [0.717, 1.165) is 4.90 Å². The summed E-state index contributed by atoms with van der Waals surface area (Å²) in [5, 5.41) is 9.60. The van der Waals surface area contributed by atoms with Crippen LogP contribution >= 0.6 is 0 Å². The Morgan fingerprint density at radius 3 is 2.00 bits per heavy atom. The van der Waals surface area contributed by atoms with Crippen molar-refractivity contribution in [3.05, 3.63) is 34.9 Å². The second kappa shape index (κ2) is 3.73. The molecule has 0 bridgehead atoms. The number of amides is 2. The highest BCUT2D eigenvalue weighted by molar-refractivity contribution is 6.32. The summed E-state index contributed by atoms with van der Waals surface area (Å²) in [6.45, 7) is 5.01. The number of nitrogens with zero attached hydrogens (tertiary/aromatic N) is 1. The molecule has 1 aromatic rings. The van der Waals surface area contributed by atoms with Crippen LogP contribution in [0.2, 0.25) is 0 Å². The van der Waals surface area contributed by atoms with Crippen LogP contribution in [0.4, 0.5) is 5.69 Å². The van der Waals surface area contributed by atoms with Gasteiger partial charge >= 0.3 is 0 Å². The lowest BCUT2D eigenvalue weighted by molar-refractivity contribution is -0.120. The average Bonchev–Trinajstić information content (AvgIpc) is 2.48. The van der Waals surface area contributed by atoms with Gasteiger partial charge in [-0.05, 0) is 32.4 Å². The van der Waals surface area contributed by atoms with Crippen molar-refractivity contribution in [3.8, 4) is 5.75 Å². The predicted molar refractivity (Wildman–Crippen MR) is 63.7 cm³/mol. The van der Waals surface area contributed by atoms with Crippen LogP contribution in [0.3, 0.4) is 0 Å². The lowest BCUT2D eigenvalue weighted by Crippen LogP contribution is -2.31. The fraction of sp³-hybridized carbons (Fsp3) is 0.231. The number of rotatable bonds is 1. The largest absolute Gasteiger partial charge is 0.508 e. The summed E-state index contributed by atoms with van der Waals surface area (Å²) in [6, 6.07) is 4.75. The zero-order chi connectivity index (χ0) is 12.7. The number of aromatic hydroxyl groups is 1. The lowest BCUT2D eigenvalue weighted by Gasteiger charge is -2.15. The fourth-order valence-electron chi connectivity index (χ4n) is 1.72. The Morgan fingerprint density at radius 2 is 1.53 bits per heavy atom. The number of carbonyl (C=O) groups excluding carboxylic acids is 2. The van der Waals surface area contributed by atoms with E-state index in [2.05, 4.69) is 0 Å². The summed E-state index contributed by atoms with van der Waals surface area (Å²) in [6.07, 6.45) is 0. The SMILES string of the molecule is CC1=C(C)C(=O)N(c2ccc(C)c(O)c2)C1=O. The third-order valence-corrected chi connectivity index (χ3v) is 3.06. The van der Waals surface area contributed by atoms with Gasteiger partial charge in [0.05, 0.1) is 5.69 Å². The normalized spacial score (nSPS) is 16.1. The van der Waals surface area contributed by atoms with Gasteiger partial charge in [-0.2, -0.15) is 0 Å². The van der Waals surface area contributed by atoms with Crippen molar-refractivity contribution in [3.63, 3.8) is 0 Å². The van der Waals surface area contributed by atoms with E-state index in [1.54, 1.807) is 32.9 Å². The Kier molecular flexibility index (Phi) is 2.50. The Labute approximate surface area is 99.2 Å². The van der Waals surface area contributed by atoms with Gasteiger partial charge in [-0.15, -0.1) is 0 Å². The highest BCUT2D eigenvalue weighted by Crippen LogP contribution is 2.30. The van der Waals surface area contributed by atoms with Crippen LogP contribution in [-0.2, 0) is 9.59 Å². The first-order valence-electron chi connectivity index (χ1n) is 5.29. The van der Waals surface area contributed by atoms with Gasteiger partial charge in [-0.25, -0.2) is 4.90 Å². The van der Waals surface area contributed by atoms with Gasteiger partial charge in [0.25, 0.3) is 11.8 Å². The van der Waals surface area contributed by atoms with E-state index >= 15 is 0 Å². The number of anilines is 1. The van der Waals surface area contributed by atoms with E-state index in [-0.39, 0.29) is 17.6 Å². The number of imide groups is 1. The molecular weight excluding hydrogens is 218 g/mol. The minimum atomic E-state index is -0.323. The first kappa shape index (κ1) is 11.4. The molecule has 1 aliphatic rings. The van der Waals surface area contributed by atoms with Crippen molar-refractivity contribution in [1.82, 2.24) is 0 Å². The number of carbonyl (C=O) groups is 2. The highest BCUT2D eigenvalue weighted by atomic mass is 16.3. The molecule has 0 atom stereocenters. The zero-order valence-corrected chi connectivity index (χ0v) is 9.94.